The molecule has 0 atom stereocenters. The molecule has 0 spiro atoms. The monoisotopic (exact) mass is 493 g/mol. The van der Waals surface area contributed by atoms with Gasteiger partial charge in [-0.25, -0.2) is 0 Å². The van der Waals surface area contributed by atoms with E-state index in [9.17, 15) is 0 Å². The molecule has 0 aliphatic carbocycles. The van der Waals surface area contributed by atoms with E-state index in [1.165, 1.54) is 18.4 Å². The van der Waals surface area contributed by atoms with Crippen molar-refractivity contribution in [3.05, 3.63) is 89.6 Å². The fraction of sp³-hybridized carbons (Fsp3) is 0.100. The van der Waals surface area contributed by atoms with Crippen molar-refractivity contribution in [2.75, 3.05) is 0 Å². The number of benzene rings is 2. The zero-order valence-electron chi connectivity index (χ0n) is 13.6. The number of aromatic nitrogens is 1. The molecule has 0 radical (unpaired) electrons. The molecule has 0 aliphatic rings. The molecule has 122 valence electrons. The van der Waals surface area contributed by atoms with Crippen LogP contribution in [-0.2, 0) is 20.1 Å². The summed E-state index contributed by atoms with van der Waals surface area (Å²) >= 11 is 0. The minimum Gasteiger partial charge on any atom is -0.808 e. The minimum absolute atomic E-state index is 0. The Morgan fingerprint density at radius 1 is 1.04 bits per heavy atom. The quantitative estimate of drug-likeness (QED) is 0.336. The van der Waals surface area contributed by atoms with Gasteiger partial charge >= 0.3 is 20.1 Å². The van der Waals surface area contributed by atoms with E-state index in [0.717, 1.165) is 16.8 Å². The Labute approximate surface area is 156 Å². The zero-order valence-corrected chi connectivity index (χ0v) is 16.0. The number of nitrogens with zero attached hydrogens (tertiary/aromatic N) is 2. The van der Waals surface area contributed by atoms with Crippen LogP contribution in [-0.4, -0.2) is 10.7 Å². The molecule has 3 nitrogen and oxygen atoms in total. The van der Waals surface area contributed by atoms with Crippen LogP contribution in [0.3, 0.4) is 0 Å². The summed E-state index contributed by atoms with van der Waals surface area (Å²) in [5.74, 6) is 0. The first-order chi connectivity index (χ1) is 11.1. The maximum Gasteiger partial charge on any atom is 3.00 e. The van der Waals surface area contributed by atoms with Crippen LogP contribution in [0.15, 0.2) is 72.4 Å². The van der Waals surface area contributed by atoms with Crippen LogP contribution in [0.2, 0.25) is 0 Å². The van der Waals surface area contributed by atoms with Crippen molar-refractivity contribution in [2.45, 2.75) is 13.8 Å². The topological polar surface area (TPSA) is 59.0 Å². The summed E-state index contributed by atoms with van der Waals surface area (Å²) in [6.07, 6.45) is 1.39. The van der Waals surface area contributed by atoms with Crippen molar-refractivity contribution >= 4 is 16.6 Å². The Morgan fingerprint density at radius 2 is 1.75 bits per heavy atom. The van der Waals surface area contributed by atoms with Crippen LogP contribution in [0.1, 0.15) is 13.8 Å². The fourth-order valence-electron chi connectivity index (χ4n) is 2.08. The molecule has 24 heavy (non-hydrogen) atoms. The molecule has 1 heterocycles. The van der Waals surface area contributed by atoms with E-state index in [-0.39, 0.29) is 25.8 Å². The molecule has 0 amide bonds. The van der Waals surface area contributed by atoms with E-state index in [2.05, 4.69) is 23.2 Å². The molecule has 3 aromatic rings. The van der Waals surface area contributed by atoms with Gasteiger partial charge < -0.3 is 11.1 Å². The summed E-state index contributed by atoms with van der Waals surface area (Å²) in [5.41, 5.74) is 10.4. The summed E-state index contributed by atoms with van der Waals surface area (Å²) in [5, 5.41) is 9.61. The smallest absolute Gasteiger partial charge is 0.808 e. The number of rotatable bonds is 2. The van der Waals surface area contributed by atoms with Crippen molar-refractivity contribution in [1.82, 2.24) is 4.98 Å². The molecular weight excluding hydrogens is 474 g/mol. The largest absolute Gasteiger partial charge is 3.00 e. The fourth-order valence-corrected chi connectivity index (χ4v) is 2.08. The number of para-hydroxylation sites is 1. The molecule has 0 unspecified atom stereocenters. The third-order valence-corrected chi connectivity index (χ3v) is 3.01. The Hall–Kier alpha value is -2.29. The Balaban J connectivity index is 0.000000312. The first-order valence-electron chi connectivity index (χ1n) is 7.31. The molecule has 3 rings (SSSR count). The zero-order chi connectivity index (χ0) is 16.7. The van der Waals surface area contributed by atoms with Gasteiger partial charge in [-0.1, -0.05) is 44.2 Å². The molecule has 4 heteroatoms. The van der Waals surface area contributed by atoms with Gasteiger partial charge in [0.15, 0.2) is 0 Å². The van der Waals surface area contributed by atoms with Crippen LogP contribution in [0.5, 0.6) is 0 Å². The number of hydrogen-bond donors (Lipinski definition) is 0. The molecule has 0 aliphatic heterocycles. The summed E-state index contributed by atoms with van der Waals surface area (Å²) in [4.78, 5) is 4.61. The van der Waals surface area contributed by atoms with E-state index in [0.29, 0.717) is 5.70 Å². The second-order valence-electron chi connectivity index (χ2n) is 5.13. The van der Waals surface area contributed by atoms with Crippen LogP contribution >= 0.6 is 0 Å². The maximum absolute atomic E-state index is 8.44. The normalized spacial score (nSPS) is 10.3. The molecular formula is C20H18IrN3. The first-order valence-corrected chi connectivity index (χ1v) is 7.31. The minimum atomic E-state index is 0. The van der Waals surface area contributed by atoms with Gasteiger partial charge in [-0.3, -0.25) is 4.98 Å². The van der Waals surface area contributed by atoms with Gasteiger partial charge in [-0.2, -0.15) is 11.4 Å². The second kappa shape index (κ2) is 9.76. The van der Waals surface area contributed by atoms with Crippen molar-refractivity contribution in [1.29, 1.82) is 0 Å². The van der Waals surface area contributed by atoms with Crippen molar-refractivity contribution in [3.63, 3.8) is 0 Å². The van der Waals surface area contributed by atoms with Crippen LogP contribution in [0.25, 0.3) is 33.3 Å². The Kier molecular flexibility index (Phi) is 8.03. The van der Waals surface area contributed by atoms with E-state index in [1.807, 2.05) is 48.5 Å². The molecule has 1 N–H and O–H groups in total. The molecule has 2 aromatic carbocycles. The van der Waals surface area contributed by atoms with Crippen LogP contribution in [0.4, 0.5) is 0 Å². The predicted molar refractivity (Wildman–Crippen MR) is 98.1 cm³/mol. The van der Waals surface area contributed by atoms with E-state index >= 15 is 0 Å². The van der Waals surface area contributed by atoms with Crippen molar-refractivity contribution < 1.29 is 20.1 Å². The van der Waals surface area contributed by atoms with Gasteiger partial charge in [-0.15, -0.1) is 42.0 Å². The van der Waals surface area contributed by atoms with Crippen LogP contribution < -0.4 is 0 Å². The summed E-state index contributed by atoms with van der Waals surface area (Å²) in [6, 6.07) is 23.4. The van der Waals surface area contributed by atoms with Gasteiger partial charge in [0.2, 0.25) is 0 Å². The summed E-state index contributed by atoms with van der Waals surface area (Å²) < 4.78 is 0. The van der Waals surface area contributed by atoms with E-state index in [4.69, 9.17) is 11.1 Å². The average Bonchev–Trinajstić information content (AvgIpc) is 2.54. The number of nitrogens with one attached hydrogen (secondary N) is 1. The second-order valence-corrected chi connectivity index (χ2v) is 5.13. The van der Waals surface area contributed by atoms with E-state index < -0.39 is 0 Å². The first kappa shape index (κ1) is 19.8. The molecule has 1 aromatic heterocycles. The Bertz CT molecular complexity index is 822. The third-order valence-electron chi connectivity index (χ3n) is 3.01. The standard InChI is InChI=1S/C15H10N.C5H8N2.Ir/c1-2-6-12(7-3-1)15-11-10-13-8-4-5-9-14(13)16-15;1-4(6)3-5(2)7;/h1-6,8-11H;3,6H,1-2H3;/q-1;-2;+3. The molecule has 0 saturated heterocycles. The Morgan fingerprint density at radius 3 is 2.33 bits per heavy atom. The van der Waals surface area contributed by atoms with Gasteiger partial charge in [0.1, 0.15) is 0 Å². The van der Waals surface area contributed by atoms with Crippen molar-refractivity contribution in [2.24, 2.45) is 0 Å². The number of hydrogen-bond acceptors (Lipinski definition) is 1. The van der Waals surface area contributed by atoms with Gasteiger partial charge in [0.05, 0.1) is 5.52 Å². The summed E-state index contributed by atoms with van der Waals surface area (Å²) in [7, 11) is 0. The SMILES string of the molecule is CC(=[N-])C=C(C)[NH-].[Ir+3].[c-]1ccccc1-c1ccc2ccccc2n1. The van der Waals surface area contributed by atoms with Crippen LogP contribution in [0, 0.1) is 6.07 Å². The van der Waals surface area contributed by atoms with Gasteiger partial charge in [0.25, 0.3) is 0 Å². The summed E-state index contributed by atoms with van der Waals surface area (Å²) in [6.45, 7) is 3.15. The predicted octanol–water partition coefficient (Wildman–Crippen LogP) is 5.67. The number of fused-ring (bicyclic) bond motifs is 1. The van der Waals surface area contributed by atoms with Gasteiger partial charge in [-0.05, 0) is 17.1 Å². The molecule has 0 fully saturated rings. The molecule has 0 saturated carbocycles. The number of allylic oxidation sites excluding steroid dienone is 2. The van der Waals surface area contributed by atoms with E-state index in [1.54, 1.807) is 6.92 Å². The maximum atomic E-state index is 8.44. The molecule has 0 bridgehead atoms. The third kappa shape index (κ3) is 6.07. The number of pyridine rings is 1. The van der Waals surface area contributed by atoms with Crippen molar-refractivity contribution in [3.8, 4) is 11.3 Å². The van der Waals surface area contributed by atoms with Gasteiger partial charge in [0, 0.05) is 0 Å². The average molecular weight is 493 g/mol.